The lowest BCUT2D eigenvalue weighted by Crippen LogP contribution is -2.42. The Kier molecular flexibility index (Phi) is 4.32. The van der Waals surface area contributed by atoms with Crippen LogP contribution >= 0.6 is 0 Å². The number of likely N-dealkylation sites (tertiary alicyclic amines) is 1. The second kappa shape index (κ2) is 5.97. The molecule has 0 unspecified atom stereocenters. The SMILES string of the molecule is CCC(=O)c1ccc(C(=O)N2CCC(N)CC2)cc1. The summed E-state index contributed by atoms with van der Waals surface area (Å²) < 4.78 is 0. The van der Waals surface area contributed by atoms with Gasteiger partial charge in [0.05, 0.1) is 0 Å². The summed E-state index contributed by atoms with van der Waals surface area (Å²) in [4.78, 5) is 25.6. The van der Waals surface area contributed by atoms with E-state index in [1.165, 1.54) is 0 Å². The molecular formula is C15H20N2O2. The van der Waals surface area contributed by atoms with E-state index in [0.717, 1.165) is 25.9 Å². The maximum absolute atomic E-state index is 12.3. The summed E-state index contributed by atoms with van der Waals surface area (Å²) in [5.74, 6) is 0.130. The van der Waals surface area contributed by atoms with Gasteiger partial charge in [0, 0.05) is 36.7 Å². The number of nitrogens with zero attached hydrogens (tertiary/aromatic N) is 1. The number of hydrogen-bond acceptors (Lipinski definition) is 3. The van der Waals surface area contributed by atoms with Crippen LogP contribution < -0.4 is 5.73 Å². The van der Waals surface area contributed by atoms with Gasteiger partial charge in [-0.15, -0.1) is 0 Å². The van der Waals surface area contributed by atoms with Gasteiger partial charge < -0.3 is 10.6 Å². The molecule has 0 radical (unpaired) electrons. The molecule has 1 fully saturated rings. The van der Waals surface area contributed by atoms with Crippen molar-refractivity contribution >= 4 is 11.7 Å². The lowest BCUT2D eigenvalue weighted by Gasteiger charge is -2.30. The molecule has 1 heterocycles. The molecule has 4 heteroatoms. The second-order valence-corrected chi connectivity index (χ2v) is 4.98. The van der Waals surface area contributed by atoms with Crippen molar-refractivity contribution in [3.63, 3.8) is 0 Å². The normalized spacial score (nSPS) is 16.4. The Hall–Kier alpha value is -1.68. The van der Waals surface area contributed by atoms with Gasteiger partial charge in [-0.25, -0.2) is 0 Å². The highest BCUT2D eigenvalue weighted by atomic mass is 16.2. The number of hydrogen-bond donors (Lipinski definition) is 1. The quantitative estimate of drug-likeness (QED) is 0.843. The number of piperidine rings is 1. The van der Waals surface area contributed by atoms with Crippen LogP contribution in [0.3, 0.4) is 0 Å². The van der Waals surface area contributed by atoms with Crippen LogP contribution in [0.15, 0.2) is 24.3 Å². The van der Waals surface area contributed by atoms with Crippen molar-refractivity contribution in [2.75, 3.05) is 13.1 Å². The molecule has 102 valence electrons. The summed E-state index contributed by atoms with van der Waals surface area (Å²) in [6.07, 6.45) is 2.20. The number of nitrogens with two attached hydrogens (primary N) is 1. The Morgan fingerprint density at radius 2 is 1.68 bits per heavy atom. The van der Waals surface area contributed by atoms with Crippen molar-refractivity contribution in [1.29, 1.82) is 0 Å². The van der Waals surface area contributed by atoms with E-state index in [1.54, 1.807) is 24.3 Å². The minimum atomic E-state index is 0.0300. The first-order chi connectivity index (χ1) is 9.11. The number of ketones is 1. The lowest BCUT2D eigenvalue weighted by atomic mass is 10.0. The zero-order valence-electron chi connectivity index (χ0n) is 11.3. The third-order valence-corrected chi connectivity index (χ3v) is 3.60. The minimum absolute atomic E-state index is 0.0300. The van der Waals surface area contributed by atoms with Gasteiger partial charge in [-0.2, -0.15) is 0 Å². The number of rotatable bonds is 3. The summed E-state index contributed by atoms with van der Waals surface area (Å²) in [6.45, 7) is 3.27. The van der Waals surface area contributed by atoms with Gasteiger partial charge in [-0.05, 0) is 25.0 Å². The fourth-order valence-corrected chi connectivity index (χ4v) is 2.29. The third kappa shape index (κ3) is 3.20. The molecule has 0 aromatic heterocycles. The van der Waals surface area contributed by atoms with Crippen LogP contribution in [0.25, 0.3) is 0 Å². The third-order valence-electron chi connectivity index (χ3n) is 3.60. The Morgan fingerprint density at radius 3 is 2.21 bits per heavy atom. The van der Waals surface area contributed by atoms with Gasteiger partial charge in [-0.3, -0.25) is 9.59 Å². The van der Waals surface area contributed by atoms with Crippen LogP contribution in [0.1, 0.15) is 46.9 Å². The molecule has 1 aromatic rings. The first-order valence-electron chi connectivity index (χ1n) is 6.80. The van der Waals surface area contributed by atoms with Crippen molar-refractivity contribution in [3.05, 3.63) is 35.4 Å². The molecule has 4 nitrogen and oxygen atoms in total. The van der Waals surface area contributed by atoms with Crippen LogP contribution in [-0.4, -0.2) is 35.7 Å². The van der Waals surface area contributed by atoms with Crippen LogP contribution in [-0.2, 0) is 0 Å². The molecule has 2 rings (SSSR count). The van der Waals surface area contributed by atoms with E-state index in [-0.39, 0.29) is 17.7 Å². The molecule has 0 saturated carbocycles. The summed E-state index contributed by atoms with van der Waals surface area (Å²) >= 11 is 0. The molecule has 0 aliphatic carbocycles. The first-order valence-corrected chi connectivity index (χ1v) is 6.80. The van der Waals surface area contributed by atoms with E-state index in [2.05, 4.69) is 0 Å². The first kappa shape index (κ1) is 13.7. The topological polar surface area (TPSA) is 63.4 Å². The maximum Gasteiger partial charge on any atom is 0.253 e. The molecule has 2 N–H and O–H groups in total. The van der Waals surface area contributed by atoms with Crippen molar-refractivity contribution in [1.82, 2.24) is 4.90 Å². The lowest BCUT2D eigenvalue weighted by molar-refractivity contribution is 0.0714. The Morgan fingerprint density at radius 1 is 1.16 bits per heavy atom. The smallest absolute Gasteiger partial charge is 0.253 e. The van der Waals surface area contributed by atoms with Gasteiger partial charge in [-0.1, -0.05) is 19.1 Å². The van der Waals surface area contributed by atoms with Crippen molar-refractivity contribution in [2.24, 2.45) is 5.73 Å². The largest absolute Gasteiger partial charge is 0.339 e. The van der Waals surface area contributed by atoms with Gasteiger partial charge >= 0.3 is 0 Å². The minimum Gasteiger partial charge on any atom is -0.339 e. The van der Waals surface area contributed by atoms with Crippen LogP contribution in [0.5, 0.6) is 0 Å². The van der Waals surface area contributed by atoms with E-state index in [1.807, 2.05) is 11.8 Å². The van der Waals surface area contributed by atoms with Crippen LogP contribution in [0, 0.1) is 0 Å². The Balaban J connectivity index is 2.05. The molecular weight excluding hydrogens is 240 g/mol. The van der Waals surface area contributed by atoms with Gasteiger partial charge in [0.1, 0.15) is 0 Å². The van der Waals surface area contributed by atoms with E-state index in [4.69, 9.17) is 5.73 Å². The van der Waals surface area contributed by atoms with E-state index in [0.29, 0.717) is 17.5 Å². The van der Waals surface area contributed by atoms with Gasteiger partial charge in [0.2, 0.25) is 0 Å². The summed E-state index contributed by atoms with van der Waals surface area (Å²) in [6, 6.07) is 7.15. The van der Waals surface area contributed by atoms with E-state index in [9.17, 15) is 9.59 Å². The molecule has 19 heavy (non-hydrogen) atoms. The molecule has 1 aliphatic heterocycles. The maximum atomic E-state index is 12.3. The van der Waals surface area contributed by atoms with E-state index < -0.39 is 0 Å². The molecule has 1 aromatic carbocycles. The summed E-state index contributed by atoms with van der Waals surface area (Å²) in [7, 11) is 0. The van der Waals surface area contributed by atoms with Crippen molar-refractivity contribution < 1.29 is 9.59 Å². The monoisotopic (exact) mass is 260 g/mol. The number of Topliss-reactive ketones (excluding diaryl/α,β-unsaturated/α-hetero) is 1. The highest BCUT2D eigenvalue weighted by molar-refractivity contribution is 5.98. The zero-order chi connectivity index (χ0) is 13.8. The molecule has 1 amide bonds. The van der Waals surface area contributed by atoms with Crippen LogP contribution in [0.4, 0.5) is 0 Å². The molecule has 0 bridgehead atoms. The fraction of sp³-hybridized carbons (Fsp3) is 0.467. The number of carbonyl (C=O) groups excluding carboxylic acids is 2. The zero-order valence-corrected chi connectivity index (χ0v) is 11.3. The predicted octanol–water partition coefficient (Wildman–Crippen LogP) is 1.84. The van der Waals surface area contributed by atoms with Gasteiger partial charge in [0.15, 0.2) is 5.78 Å². The van der Waals surface area contributed by atoms with E-state index >= 15 is 0 Å². The highest BCUT2D eigenvalue weighted by Gasteiger charge is 2.21. The molecule has 0 spiro atoms. The number of carbonyl (C=O) groups is 2. The van der Waals surface area contributed by atoms with Crippen molar-refractivity contribution in [3.8, 4) is 0 Å². The summed E-state index contributed by atoms with van der Waals surface area (Å²) in [5.41, 5.74) is 7.14. The molecule has 1 saturated heterocycles. The predicted molar refractivity (Wildman–Crippen MR) is 74.2 cm³/mol. The number of benzene rings is 1. The van der Waals surface area contributed by atoms with Gasteiger partial charge in [0.25, 0.3) is 5.91 Å². The average Bonchev–Trinajstić information content (AvgIpc) is 2.46. The molecule has 1 aliphatic rings. The van der Waals surface area contributed by atoms with Crippen molar-refractivity contribution in [2.45, 2.75) is 32.2 Å². The highest BCUT2D eigenvalue weighted by Crippen LogP contribution is 2.14. The number of amides is 1. The standard InChI is InChI=1S/C15H20N2O2/c1-2-14(18)11-3-5-12(6-4-11)15(19)17-9-7-13(16)8-10-17/h3-6,13H,2,7-10,16H2,1H3. The van der Waals surface area contributed by atoms with Crippen LogP contribution in [0.2, 0.25) is 0 Å². The summed E-state index contributed by atoms with van der Waals surface area (Å²) in [5, 5.41) is 0. The Labute approximate surface area is 113 Å². The molecule has 0 atom stereocenters. The average molecular weight is 260 g/mol. The second-order valence-electron chi connectivity index (χ2n) is 4.98. The Bertz CT molecular complexity index is 460. The fourth-order valence-electron chi connectivity index (χ4n) is 2.29.